The summed E-state index contributed by atoms with van der Waals surface area (Å²) in [4.78, 5) is 42.0. The van der Waals surface area contributed by atoms with E-state index in [9.17, 15) is 27.9 Å². The van der Waals surface area contributed by atoms with E-state index in [1.165, 1.54) is 4.90 Å². The summed E-state index contributed by atoms with van der Waals surface area (Å²) in [6.07, 6.45) is 7.60. The van der Waals surface area contributed by atoms with E-state index in [1.807, 2.05) is 34.6 Å². The van der Waals surface area contributed by atoms with Crippen molar-refractivity contribution in [2.45, 2.75) is 136 Å². The molecule has 0 spiro atoms. The van der Waals surface area contributed by atoms with Gasteiger partial charge in [0.1, 0.15) is 12.1 Å². The fourth-order valence-electron chi connectivity index (χ4n) is 7.63. The fraction of sp³-hybridized carbons (Fsp3) is 0.903. The molecule has 3 aliphatic rings. The summed E-state index contributed by atoms with van der Waals surface area (Å²) < 4.78 is 26.0. The third-order valence-corrected chi connectivity index (χ3v) is 13.5. The Bertz CT molecular complexity index is 1070. The van der Waals surface area contributed by atoms with Gasteiger partial charge in [0, 0.05) is 6.54 Å². The van der Waals surface area contributed by atoms with Crippen molar-refractivity contribution in [1.29, 1.82) is 0 Å². The molecule has 2 aliphatic carbocycles. The number of hydrogen-bond acceptors (Lipinski definition) is 5. The number of carboxylic acids is 1. The molecule has 3 rings (SSSR count). The topological polar surface area (TPSA) is 133 Å². The van der Waals surface area contributed by atoms with Crippen molar-refractivity contribution < 1.29 is 27.9 Å². The lowest BCUT2D eigenvalue weighted by Gasteiger charge is -2.49. The maximum Gasteiger partial charge on any atom is 0.326 e. The Labute approximate surface area is 247 Å². The highest BCUT2D eigenvalue weighted by Gasteiger charge is 2.52. The number of amides is 3. The summed E-state index contributed by atoms with van der Waals surface area (Å²) in [5, 5.41) is 16.3. The van der Waals surface area contributed by atoms with E-state index in [0.29, 0.717) is 13.0 Å². The second-order valence-electron chi connectivity index (χ2n) is 14.9. The number of carbonyl (C=O) groups excluding carboxylic acids is 2. The number of nitrogens with one attached hydrogen (secondary N) is 2. The van der Waals surface area contributed by atoms with Crippen molar-refractivity contribution in [3.63, 3.8) is 0 Å². The van der Waals surface area contributed by atoms with Gasteiger partial charge in [-0.15, -0.1) is 0 Å². The van der Waals surface area contributed by atoms with E-state index in [0.717, 1.165) is 51.4 Å². The zero-order valence-corrected chi connectivity index (χ0v) is 27.4. The van der Waals surface area contributed by atoms with Crippen LogP contribution in [0.15, 0.2) is 0 Å². The van der Waals surface area contributed by atoms with Crippen LogP contribution in [-0.2, 0) is 19.4 Å². The highest BCUT2D eigenvalue weighted by atomic mass is 32.2. The van der Waals surface area contributed by atoms with Gasteiger partial charge in [-0.1, -0.05) is 60.3 Å². The van der Waals surface area contributed by atoms with E-state index in [1.54, 1.807) is 20.8 Å². The summed E-state index contributed by atoms with van der Waals surface area (Å²) in [5.74, 6) is -1.72. The molecule has 0 aromatic rings. The van der Waals surface area contributed by atoms with E-state index >= 15 is 0 Å². The smallest absolute Gasteiger partial charge is 0.326 e. The second kappa shape index (κ2) is 12.4. The minimum atomic E-state index is -3.57. The van der Waals surface area contributed by atoms with E-state index in [4.69, 9.17) is 0 Å². The number of carboxylic acid groups (broad SMARTS) is 1. The Hall–Kier alpha value is -1.84. The van der Waals surface area contributed by atoms with Crippen LogP contribution in [0, 0.1) is 29.1 Å². The summed E-state index contributed by atoms with van der Waals surface area (Å²) in [5.41, 5.74) is -1.50. The molecule has 3 amide bonds. The number of hydrogen-bond donors (Lipinski definition) is 3. The molecule has 41 heavy (non-hydrogen) atoms. The van der Waals surface area contributed by atoms with Crippen LogP contribution in [0.1, 0.15) is 113 Å². The van der Waals surface area contributed by atoms with Crippen LogP contribution in [0.5, 0.6) is 0 Å². The van der Waals surface area contributed by atoms with E-state index in [2.05, 4.69) is 10.6 Å². The zero-order valence-electron chi connectivity index (χ0n) is 26.6. The fourth-order valence-corrected chi connectivity index (χ4v) is 9.34. The van der Waals surface area contributed by atoms with Crippen molar-refractivity contribution in [2.75, 3.05) is 12.3 Å². The van der Waals surface area contributed by atoms with Crippen LogP contribution in [-0.4, -0.2) is 71.0 Å². The predicted octanol–water partition coefficient (Wildman–Crippen LogP) is 4.99. The molecule has 9 nitrogen and oxygen atoms in total. The molecule has 236 valence electrons. The molecule has 0 bridgehead atoms. The van der Waals surface area contributed by atoms with Gasteiger partial charge < -0.3 is 20.6 Å². The molecule has 0 aromatic carbocycles. The third kappa shape index (κ3) is 6.88. The van der Waals surface area contributed by atoms with Gasteiger partial charge in [-0.3, -0.25) is 4.79 Å². The predicted molar refractivity (Wildman–Crippen MR) is 161 cm³/mol. The van der Waals surface area contributed by atoms with Gasteiger partial charge in [0.2, 0.25) is 5.91 Å². The molecule has 1 heterocycles. The molecule has 1 aliphatic heterocycles. The number of likely N-dealkylation sites (tertiary alicyclic amines) is 1. The van der Waals surface area contributed by atoms with Crippen LogP contribution < -0.4 is 10.6 Å². The first-order valence-electron chi connectivity index (χ1n) is 15.7. The van der Waals surface area contributed by atoms with Gasteiger partial charge in [-0.05, 0) is 82.0 Å². The van der Waals surface area contributed by atoms with Gasteiger partial charge in [0.25, 0.3) is 0 Å². The molecular formula is C31H55N3O6S. The number of sulfone groups is 1. The molecule has 2 saturated carbocycles. The number of nitrogens with zero attached hydrogens (tertiary/aromatic N) is 1. The van der Waals surface area contributed by atoms with Crippen LogP contribution >= 0.6 is 0 Å². The van der Waals surface area contributed by atoms with Crippen molar-refractivity contribution in [3.8, 4) is 0 Å². The molecule has 0 aromatic heterocycles. The molecular weight excluding hydrogens is 542 g/mol. The first-order valence-corrected chi connectivity index (χ1v) is 17.4. The maximum atomic E-state index is 14.3. The summed E-state index contributed by atoms with van der Waals surface area (Å²) in [6, 6.07) is -2.38. The van der Waals surface area contributed by atoms with Crippen LogP contribution in [0.3, 0.4) is 0 Å². The Morgan fingerprint density at radius 2 is 1.54 bits per heavy atom. The standard InChI is InChI=1S/C31H55N3O6S/c1-20(2)23-15-18-34(24(23)27(36)37)26(35)25(30(8)16-10-9-11-17-30)32-28(38)33-31(19-41(39,40)29(5,6)7)21(3)13-12-14-22(31)4/h20-25H,9-19H2,1-8H3,(H,36,37)(H2,32,33,38)/t21-,22+,23-,24+,25-,31?/m1/s1. The van der Waals surface area contributed by atoms with Gasteiger partial charge in [-0.25, -0.2) is 18.0 Å². The molecule has 1 unspecified atom stereocenters. The van der Waals surface area contributed by atoms with E-state index in [-0.39, 0.29) is 35.3 Å². The van der Waals surface area contributed by atoms with Crippen molar-refractivity contribution in [3.05, 3.63) is 0 Å². The lowest BCUT2D eigenvalue weighted by atomic mass is 9.68. The largest absolute Gasteiger partial charge is 0.480 e. The van der Waals surface area contributed by atoms with Crippen molar-refractivity contribution >= 4 is 27.7 Å². The molecule has 3 fully saturated rings. The Morgan fingerprint density at radius 3 is 2.02 bits per heavy atom. The minimum Gasteiger partial charge on any atom is -0.480 e. The Kier molecular flexibility index (Phi) is 10.2. The summed E-state index contributed by atoms with van der Waals surface area (Å²) in [6.45, 7) is 15.4. The Morgan fingerprint density at radius 1 is 0.976 bits per heavy atom. The van der Waals surface area contributed by atoms with Crippen molar-refractivity contribution in [2.24, 2.45) is 29.1 Å². The molecule has 0 radical (unpaired) electrons. The minimum absolute atomic E-state index is 0.0738. The number of rotatable bonds is 8. The number of aliphatic carboxylic acids is 1. The number of carbonyl (C=O) groups is 3. The van der Waals surface area contributed by atoms with Crippen LogP contribution in [0.2, 0.25) is 0 Å². The molecule has 6 atom stereocenters. The number of urea groups is 1. The highest BCUT2D eigenvalue weighted by molar-refractivity contribution is 7.92. The van der Waals surface area contributed by atoms with Gasteiger partial charge >= 0.3 is 12.0 Å². The SMILES string of the molecule is CC(C)[C@H]1CCN(C(=O)[C@@H](NC(=O)NC2(CS(=O)(=O)C(C)(C)C)[C@H](C)CCC[C@@H]2C)C2(C)CCCCC2)[C@@H]1C(=O)O. The lowest BCUT2D eigenvalue weighted by Crippen LogP contribution is -2.68. The van der Waals surface area contributed by atoms with E-state index < -0.39 is 49.6 Å². The van der Waals surface area contributed by atoms with Crippen LogP contribution in [0.25, 0.3) is 0 Å². The lowest BCUT2D eigenvalue weighted by molar-refractivity contribution is -0.152. The first-order chi connectivity index (χ1) is 18.9. The third-order valence-electron chi connectivity index (χ3n) is 10.8. The molecule has 1 saturated heterocycles. The first kappa shape index (κ1) is 33.7. The monoisotopic (exact) mass is 597 g/mol. The second-order valence-corrected chi connectivity index (χ2v) is 17.6. The summed E-state index contributed by atoms with van der Waals surface area (Å²) >= 11 is 0. The van der Waals surface area contributed by atoms with Crippen molar-refractivity contribution in [1.82, 2.24) is 15.5 Å². The van der Waals surface area contributed by atoms with Gasteiger partial charge in [0.15, 0.2) is 9.84 Å². The molecule has 3 N–H and O–H groups in total. The molecule has 10 heteroatoms. The van der Waals surface area contributed by atoms with Gasteiger partial charge in [0.05, 0.1) is 16.0 Å². The Balaban J connectivity index is 1.96. The summed E-state index contributed by atoms with van der Waals surface area (Å²) in [7, 11) is -3.57. The average Bonchev–Trinajstić information content (AvgIpc) is 3.31. The highest BCUT2D eigenvalue weighted by Crippen LogP contribution is 2.43. The van der Waals surface area contributed by atoms with Gasteiger partial charge in [-0.2, -0.15) is 0 Å². The quantitative estimate of drug-likeness (QED) is 0.361. The zero-order chi connectivity index (χ0) is 31.0. The van der Waals surface area contributed by atoms with Crippen LogP contribution in [0.4, 0.5) is 4.79 Å². The average molecular weight is 598 g/mol. The normalized spacial score (nSPS) is 31.5. The maximum absolute atomic E-state index is 14.3.